The molecular weight excluding hydrogens is 280 g/mol. The third kappa shape index (κ3) is 3.31. The molecule has 0 saturated carbocycles. The quantitative estimate of drug-likeness (QED) is 0.668. The van der Waals surface area contributed by atoms with Crippen molar-refractivity contribution in [3.05, 3.63) is 68.3 Å². The number of nitrogens with zero attached hydrogens (tertiary/aromatic N) is 2. The molecule has 1 N–H and O–H groups in total. The van der Waals surface area contributed by atoms with Crippen LogP contribution in [0.4, 0.5) is 11.4 Å². The molecule has 0 unspecified atom stereocenters. The summed E-state index contributed by atoms with van der Waals surface area (Å²) in [4.78, 5) is 20.4. The Labute approximate surface area is 118 Å². The highest BCUT2D eigenvalue weighted by molar-refractivity contribution is 5.51. The molecule has 108 valence electrons. The minimum atomic E-state index is -0.647. The number of benzene rings is 2. The van der Waals surface area contributed by atoms with Crippen molar-refractivity contribution in [1.29, 1.82) is 0 Å². The maximum atomic E-state index is 11.0. The van der Waals surface area contributed by atoms with E-state index in [2.05, 4.69) is 0 Å². The van der Waals surface area contributed by atoms with Crippen LogP contribution in [0.5, 0.6) is 11.5 Å². The van der Waals surface area contributed by atoms with Crippen LogP contribution in [0.25, 0.3) is 0 Å². The Morgan fingerprint density at radius 3 is 2.43 bits per heavy atom. The lowest BCUT2D eigenvalue weighted by Gasteiger charge is -2.07. The summed E-state index contributed by atoms with van der Waals surface area (Å²) in [6.45, 7) is -0.335. The van der Waals surface area contributed by atoms with Crippen LogP contribution in [-0.4, -0.2) is 15.0 Å². The highest BCUT2D eigenvalue weighted by atomic mass is 16.6. The molecule has 0 aliphatic rings. The molecule has 0 aliphatic heterocycles. The molecule has 0 atom stereocenters. The van der Waals surface area contributed by atoms with Crippen molar-refractivity contribution in [2.45, 2.75) is 6.61 Å². The predicted octanol–water partition coefficient (Wildman–Crippen LogP) is 2.79. The Morgan fingerprint density at radius 2 is 1.81 bits per heavy atom. The first-order chi connectivity index (χ1) is 10.0. The first-order valence-electron chi connectivity index (χ1n) is 5.81. The molecule has 0 bridgehead atoms. The van der Waals surface area contributed by atoms with E-state index in [-0.39, 0.29) is 29.5 Å². The van der Waals surface area contributed by atoms with Crippen LogP contribution in [0, 0.1) is 20.2 Å². The van der Waals surface area contributed by atoms with Crippen LogP contribution in [0.3, 0.4) is 0 Å². The second-order valence-corrected chi connectivity index (χ2v) is 4.07. The van der Waals surface area contributed by atoms with E-state index in [4.69, 9.17) is 9.84 Å². The van der Waals surface area contributed by atoms with E-state index in [9.17, 15) is 20.2 Å². The SMILES string of the molecule is O=[N+]([O-])c1cccc(Oc2ccc(CO)cc2[N+](=O)[O-])c1. The number of aliphatic hydroxyl groups excluding tert-OH is 1. The van der Waals surface area contributed by atoms with Crippen molar-refractivity contribution >= 4 is 11.4 Å². The van der Waals surface area contributed by atoms with Crippen molar-refractivity contribution in [2.75, 3.05) is 0 Å². The normalized spacial score (nSPS) is 10.1. The van der Waals surface area contributed by atoms with E-state index in [0.29, 0.717) is 5.56 Å². The molecule has 0 aromatic heterocycles. The first-order valence-corrected chi connectivity index (χ1v) is 5.81. The molecule has 2 aromatic carbocycles. The van der Waals surface area contributed by atoms with Gasteiger partial charge >= 0.3 is 5.69 Å². The van der Waals surface area contributed by atoms with Crippen molar-refractivity contribution in [2.24, 2.45) is 0 Å². The van der Waals surface area contributed by atoms with E-state index in [1.54, 1.807) is 0 Å². The monoisotopic (exact) mass is 290 g/mol. The first kappa shape index (κ1) is 14.4. The van der Waals surface area contributed by atoms with Crippen LogP contribution >= 0.6 is 0 Å². The lowest BCUT2D eigenvalue weighted by atomic mass is 10.2. The van der Waals surface area contributed by atoms with Crippen LogP contribution in [0.2, 0.25) is 0 Å². The van der Waals surface area contributed by atoms with Gasteiger partial charge < -0.3 is 9.84 Å². The number of ether oxygens (including phenoxy) is 1. The molecule has 0 heterocycles. The maximum absolute atomic E-state index is 11.0. The van der Waals surface area contributed by atoms with Gasteiger partial charge in [0.1, 0.15) is 5.75 Å². The molecule has 0 saturated heterocycles. The van der Waals surface area contributed by atoms with Gasteiger partial charge in [-0.25, -0.2) is 0 Å². The molecule has 2 rings (SSSR count). The standard InChI is InChI=1S/C13H10N2O6/c16-8-9-4-5-13(12(6-9)15(19)20)21-11-3-1-2-10(7-11)14(17)18/h1-7,16H,8H2. The fourth-order valence-electron chi connectivity index (χ4n) is 1.68. The van der Waals surface area contributed by atoms with E-state index < -0.39 is 9.85 Å². The van der Waals surface area contributed by atoms with Gasteiger partial charge in [0.25, 0.3) is 5.69 Å². The van der Waals surface area contributed by atoms with Crippen LogP contribution in [0.15, 0.2) is 42.5 Å². The van der Waals surface area contributed by atoms with E-state index in [1.807, 2.05) is 0 Å². The van der Waals surface area contributed by atoms with Crippen molar-refractivity contribution in [1.82, 2.24) is 0 Å². The van der Waals surface area contributed by atoms with Crippen molar-refractivity contribution in [3.63, 3.8) is 0 Å². The smallest absolute Gasteiger partial charge is 0.311 e. The average Bonchev–Trinajstić information content (AvgIpc) is 2.47. The van der Waals surface area contributed by atoms with Gasteiger partial charge in [0.15, 0.2) is 0 Å². The highest BCUT2D eigenvalue weighted by Crippen LogP contribution is 2.33. The van der Waals surface area contributed by atoms with Gasteiger partial charge in [-0.05, 0) is 17.7 Å². The third-order valence-corrected chi connectivity index (χ3v) is 2.66. The molecule has 2 aromatic rings. The van der Waals surface area contributed by atoms with Crippen LogP contribution in [-0.2, 0) is 6.61 Å². The molecule has 8 nitrogen and oxygen atoms in total. The summed E-state index contributed by atoms with van der Waals surface area (Å²) in [5.74, 6) is 0.0572. The Morgan fingerprint density at radius 1 is 1.05 bits per heavy atom. The van der Waals surface area contributed by atoms with E-state index >= 15 is 0 Å². The number of hydrogen-bond donors (Lipinski definition) is 1. The molecule has 0 fully saturated rings. The molecule has 8 heteroatoms. The lowest BCUT2D eigenvalue weighted by molar-refractivity contribution is -0.386. The topological polar surface area (TPSA) is 116 Å². The Bertz CT molecular complexity index is 701. The number of hydrogen-bond acceptors (Lipinski definition) is 6. The Hall–Kier alpha value is -3.00. The second-order valence-electron chi connectivity index (χ2n) is 4.07. The van der Waals surface area contributed by atoms with Crippen LogP contribution in [0.1, 0.15) is 5.56 Å². The summed E-state index contributed by atoms with van der Waals surface area (Å²) in [6.07, 6.45) is 0. The van der Waals surface area contributed by atoms with Gasteiger partial charge in [-0.3, -0.25) is 20.2 Å². The number of nitro benzene ring substituents is 2. The predicted molar refractivity (Wildman–Crippen MR) is 72.2 cm³/mol. The lowest BCUT2D eigenvalue weighted by Crippen LogP contribution is -1.96. The van der Waals surface area contributed by atoms with Gasteiger partial charge in [0.2, 0.25) is 5.75 Å². The van der Waals surface area contributed by atoms with Gasteiger partial charge in [-0.15, -0.1) is 0 Å². The van der Waals surface area contributed by atoms with Gasteiger partial charge in [-0.2, -0.15) is 0 Å². The molecule has 0 radical (unpaired) electrons. The minimum absolute atomic E-state index is 0.0577. The Balaban J connectivity index is 2.37. The fraction of sp³-hybridized carbons (Fsp3) is 0.0769. The zero-order valence-corrected chi connectivity index (χ0v) is 10.6. The van der Waals surface area contributed by atoms with E-state index in [1.165, 1.54) is 42.5 Å². The van der Waals surface area contributed by atoms with Crippen molar-refractivity contribution < 1.29 is 19.7 Å². The van der Waals surface area contributed by atoms with Crippen LogP contribution < -0.4 is 4.74 Å². The number of aliphatic hydroxyl groups is 1. The largest absolute Gasteiger partial charge is 0.450 e. The average molecular weight is 290 g/mol. The fourth-order valence-corrected chi connectivity index (χ4v) is 1.68. The third-order valence-electron chi connectivity index (χ3n) is 2.66. The van der Waals surface area contributed by atoms with Gasteiger partial charge in [0, 0.05) is 12.1 Å². The molecule has 21 heavy (non-hydrogen) atoms. The summed E-state index contributed by atoms with van der Waals surface area (Å²) in [5.41, 5.74) is -0.136. The van der Waals surface area contributed by atoms with E-state index in [0.717, 1.165) is 0 Å². The molecule has 0 amide bonds. The van der Waals surface area contributed by atoms with Crippen molar-refractivity contribution in [3.8, 4) is 11.5 Å². The summed E-state index contributed by atoms with van der Waals surface area (Å²) in [6, 6.07) is 9.33. The zero-order chi connectivity index (χ0) is 15.4. The maximum Gasteiger partial charge on any atom is 0.311 e. The summed E-state index contributed by atoms with van der Waals surface area (Å²) in [7, 11) is 0. The molecule has 0 spiro atoms. The number of nitro groups is 2. The molecular formula is C13H10N2O6. The minimum Gasteiger partial charge on any atom is -0.450 e. The zero-order valence-electron chi connectivity index (χ0n) is 10.6. The highest BCUT2D eigenvalue weighted by Gasteiger charge is 2.17. The Kier molecular flexibility index (Phi) is 4.10. The number of rotatable bonds is 5. The summed E-state index contributed by atoms with van der Waals surface area (Å²) in [5, 5.41) is 30.7. The second kappa shape index (κ2) is 5.97. The molecule has 0 aliphatic carbocycles. The van der Waals surface area contributed by atoms with Gasteiger partial charge in [0.05, 0.1) is 22.5 Å². The summed E-state index contributed by atoms with van der Waals surface area (Å²) >= 11 is 0. The summed E-state index contributed by atoms with van der Waals surface area (Å²) < 4.78 is 5.33. The number of non-ortho nitro benzene ring substituents is 1. The van der Waals surface area contributed by atoms with Gasteiger partial charge in [-0.1, -0.05) is 12.1 Å².